The predicted molar refractivity (Wildman–Crippen MR) is 64.2 cm³/mol. The van der Waals surface area contributed by atoms with Gasteiger partial charge in [0.05, 0.1) is 11.8 Å². The molecule has 1 aromatic rings. The zero-order valence-corrected chi connectivity index (χ0v) is 10.3. The van der Waals surface area contributed by atoms with Gasteiger partial charge in [0.25, 0.3) is 5.91 Å². The van der Waals surface area contributed by atoms with Crippen molar-refractivity contribution in [3.05, 3.63) is 24.0 Å². The van der Waals surface area contributed by atoms with Crippen LogP contribution >= 0.6 is 0 Å². The Morgan fingerprint density at radius 3 is 2.61 bits per heavy atom. The van der Waals surface area contributed by atoms with E-state index in [1.54, 1.807) is 6.92 Å². The first-order valence-electron chi connectivity index (χ1n) is 5.63. The summed E-state index contributed by atoms with van der Waals surface area (Å²) in [5.41, 5.74) is 0.129. The van der Waals surface area contributed by atoms with Gasteiger partial charge in [-0.3, -0.25) is 9.78 Å². The molecule has 0 aliphatic heterocycles. The van der Waals surface area contributed by atoms with Gasteiger partial charge in [0.15, 0.2) is 0 Å². The van der Waals surface area contributed by atoms with E-state index in [9.17, 15) is 14.7 Å². The fourth-order valence-electron chi connectivity index (χ4n) is 1.46. The fourth-order valence-corrected chi connectivity index (χ4v) is 1.46. The minimum atomic E-state index is -1.08. The molecule has 1 amide bonds. The van der Waals surface area contributed by atoms with E-state index in [0.29, 0.717) is 6.42 Å². The van der Waals surface area contributed by atoms with Crippen LogP contribution in [0.5, 0.6) is 5.75 Å². The van der Waals surface area contributed by atoms with Crippen LogP contribution in [0.2, 0.25) is 0 Å². The lowest BCUT2D eigenvalue weighted by Crippen LogP contribution is -2.45. The number of aromatic hydroxyl groups is 1. The number of rotatable bonds is 5. The smallest absolute Gasteiger partial charge is 0.326 e. The van der Waals surface area contributed by atoms with Crippen molar-refractivity contribution in [2.75, 3.05) is 0 Å². The molecule has 0 bridgehead atoms. The third-order valence-electron chi connectivity index (χ3n) is 2.75. The second kappa shape index (κ2) is 6.00. The number of nitrogens with zero attached hydrogens (tertiary/aromatic N) is 1. The van der Waals surface area contributed by atoms with Gasteiger partial charge in [-0.05, 0) is 12.0 Å². The summed E-state index contributed by atoms with van der Waals surface area (Å²) in [5, 5.41) is 20.7. The Kier molecular flexibility index (Phi) is 4.65. The first-order valence-corrected chi connectivity index (χ1v) is 5.63. The average molecular weight is 252 g/mol. The minimum Gasteiger partial charge on any atom is -0.506 e. The van der Waals surface area contributed by atoms with Gasteiger partial charge in [-0.1, -0.05) is 20.3 Å². The van der Waals surface area contributed by atoms with E-state index in [0.717, 1.165) is 0 Å². The molecule has 0 spiro atoms. The molecule has 0 fully saturated rings. The van der Waals surface area contributed by atoms with Crippen LogP contribution < -0.4 is 5.32 Å². The van der Waals surface area contributed by atoms with Crippen molar-refractivity contribution in [3.8, 4) is 5.75 Å². The highest BCUT2D eigenvalue weighted by atomic mass is 16.4. The highest BCUT2D eigenvalue weighted by molar-refractivity contribution is 5.96. The minimum absolute atomic E-state index is 0.129. The summed E-state index contributed by atoms with van der Waals surface area (Å²) in [6.45, 7) is 3.60. The number of amides is 1. The number of carbonyl (C=O) groups is 2. The monoisotopic (exact) mass is 252 g/mol. The lowest BCUT2D eigenvalue weighted by Gasteiger charge is -2.20. The number of nitrogens with one attached hydrogen (secondary N) is 1. The Bertz CT molecular complexity index is 447. The third kappa shape index (κ3) is 3.44. The first-order chi connectivity index (χ1) is 8.45. The van der Waals surface area contributed by atoms with Crippen LogP contribution in [0.15, 0.2) is 18.5 Å². The van der Waals surface area contributed by atoms with E-state index in [-0.39, 0.29) is 17.2 Å². The van der Waals surface area contributed by atoms with E-state index in [1.807, 2.05) is 6.92 Å². The second-order valence-corrected chi connectivity index (χ2v) is 4.11. The molecule has 0 unspecified atom stereocenters. The van der Waals surface area contributed by atoms with Crippen LogP contribution in [0.3, 0.4) is 0 Å². The molecule has 1 rings (SSSR count). The van der Waals surface area contributed by atoms with E-state index >= 15 is 0 Å². The predicted octanol–water partition coefficient (Wildman–Crippen LogP) is 1.02. The molecular formula is C12H16N2O4. The molecule has 6 nitrogen and oxygen atoms in total. The Labute approximate surface area is 105 Å². The van der Waals surface area contributed by atoms with Crippen LogP contribution in [-0.2, 0) is 4.79 Å². The number of carbonyl (C=O) groups excluding carboxylic acids is 1. The standard InChI is InChI=1S/C12H16N2O4/c1-3-7(2)10(12(17)18)14-11(16)8-4-9(15)6-13-5-8/h4-7,10,15H,3H2,1-2H3,(H,14,16)(H,17,18)/t7-,10-/m0/s1. The van der Waals surface area contributed by atoms with E-state index in [2.05, 4.69) is 10.3 Å². The maximum atomic E-state index is 11.8. The number of hydrogen-bond acceptors (Lipinski definition) is 4. The summed E-state index contributed by atoms with van der Waals surface area (Å²) in [6.07, 6.45) is 3.10. The Morgan fingerprint density at radius 2 is 2.11 bits per heavy atom. The van der Waals surface area contributed by atoms with Gasteiger partial charge >= 0.3 is 5.97 Å². The van der Waals surface area contributed by atoms with Gasteiger partial charge in [-0.15, -0.1) is 0 Å². The molecule has 18 heavy (non-hydrogen) atoms. The normalized spacial score (nSPS) is 13.7. The molecule has 0 saturated carbocycles. The maximum Gasteiger partial charge on any atom is 0.326 e. The van der Waals surface area contributed by atoms with Crippen molar-refractivity contribution in [2.45, 2.75) is 26.3 Å². The maximum absolute atomic E-state index is 11.8. The lowest BCUT2D eigenvalue weighted by atomic mass is 9.99. The number of aliphatic carboxylic acids is 1. The average Bonchev–Trinajstić information content (AvgIpc) is 2.34. The summed E-state index contributed by atoms with van der Waals surface area (Å²) in [4.78, 5) is 26.5. The Balaban J connectivity index is 2.82. The molecule has 6 heteroatoms. The van der Waals surface area contributed by atoms with Gasteiger partial charge in [0.1, 0.15) is 11.8 Å². The van der Waals surface area contributed by atoms with Crippen LogP contribution in [0.1, 0.15) is 30.6 Å². The SMILES string of the molecule is CC[C@H](C)[C@H](NC(=O)c1cncc(O)c1)C(=O)O. The quantitative estimate of drug-likeness (QED) is 0.726. The van der Waals surface area contributed by atoms with Gasteiger partial charge < -0.3 is 15.5 Å². The van der Waals surface area contributed by atoms with Crippen molar-refractivity contribution in [2.24, 2.45) is 5.92 Å². The number of carboxylic acids is 1. The molecule has 0 saturated heterocycles. The van der Waals surface area contributed by atoms with Gasteiger partial charge in [0.2, 0.25) is 0 Å². The number of pyridine rings is 1. The van der Waals surface area contributed by atoms with Gasteiger partial charge in [0, 0.05) is 6.20 Å². The lowest BCUT2D eigenvalue weighted by molar-refractivity contribution is -0.140. The Morgan fingerprint density at radius 1 is 1.44 bits per heavy atom. The fraction of sp³-hybridized carbons (Fsp3) is 0.417. The van der Waals surface area contributed by atoms with Crippen LogP contribution in [0, 0.1) is 5.92 Å². The van der Waals surface area contributed by atoms with Crippen molar-refractivity contribution in [1.82, 2.24) is 10.3 Å². The van der Waals surface area contributed by atoms with Crippen molar-refractivity contribution < 1.29 is 19.8 Å². The van der Waals surface area contributed by atoms with Crippen molar-refractivity contribution in [1.29, 1.82) is 0 Å². The summed E-state index contributed by atoms with van der Waals surface area (Å²) in [6, 6.07) is 0.280. The molecule has 0 aliphatic carbocycles. The molecule has 98 valence electrons. The first kappa shape index (κ1) is 14.0. The molecule has 0 aromatic carbocycles. The van der Waals surface area contributed by atoms with Gasteiger partial charge in [-0.25, -0.2) is 4.79 Å². The molecule has 2 atom stereocenters. The summed E-state index contributed by atoms with van der Waals surface area (Å²) in [7, 11) is 0. The topological polar surface area (TPSA) is 99.5 Å². The zero-order valence-electron chi connectivity index (χ0n) is 10.3. The summed E-state index contributed by atoms with van der Waals surface area (Å²) in [5.74, 6) is -1.97. The van der Waals surface area contributed by atoms with Gasteiger partial charge in [-0.2, -0.15) is 0 Å². The number of aromatic nitrogens is 1. The summed E-state index contributed by atoms with van der Waals surface area (Å²) < 4.78 is 0. The number of carboxylic acid groups (broad SMARTS) is 1. The zero-order chi connectivity index (χ0) is 13.7. The molecule has 1 aromatic heterocycles. The van der Waals surface area contributed by atoms with Crippen molar-refractivity contribution in [3.63, 3.8) is 0 Å². The second-order valence-electron chi connectivity index (χ2n) is 4.11. The molecule has 3 N–H and O–H groups in total. The van der Waals surface area contributed by atoms with Crippen LogP contribution in [-0.4, -0.2) is 33.1 Å². The van der Waals surface area contributed by atoms with E-state index < -0.39 is 17.9 Å². The molecule has 0 radical (unpaired) electrons. The van der Waals surface area contributed by atoms with Crippen LogP contribution in [0.25, 0.3) is 0 Å². The molecular weight excluding hydrogens is 236 g/mol. The van der Waals surface area contributed by atoms with Crippen LogP contribution in [0.4, 0.5) is 0 Å². The Hall–Kier alpha value is -2.11. The highest BCUT2D eigenvalue weighted by Crippen LogP contribution is 2.11. The third-order valence-corrected chi connectivity index (χ3v) is 2.75. The van der Waals surface area contributed by atoms with Crippen molar-refractivity contribution >= 4 is 11.9 Å². The van der Waals surface area contributed by atoms with E-state index in [1.165, 1.54) is 18.5 Å². The summed E-state index contributed by atoms with van der Waals surface area (Å²) >= 11 is 0. The molecule has 1 heterocycles. The largest absolute Gasteiger partial charge is 0.506 e. The molecule has 0 aliphatic rings. The highest BCUT2D eigenvalue weighted by Gasteiger charge is 2.25. The number of hydrogen-bond donors (Lipinski definition) is 3. The van der Waals surface area contributed by atoms with E-state index in [4.69, 9.17) is 5.11 Å².